The Morgan fingerprint density at radius 1 is 1.07 bits per heavy atom. The van der Waals surface area contributed by atoms with Crippen molar-refractivity contribution in [3.05, 3.63) is 82.4 Å². The molecule has 0 aliphatic heterocycles. The molecular weight excluding hydrogens is 390 g/mol. The molecule has 5 rings (SSSR count). The van der Waals surface area contributed by atoms with Gasteiger partial charge in [0.05, 0.1) is 5.56 Å². The smallest absolute Gasteiger partial charge is 0.259 e. The molecule has 1 aliphatic carbocycles. The van der Waals surface area contributed by atoms with Crippen molar-refractivity contribution in [2.24, 2.45) is 12.0 Å². The van der Waals surface area contributed by atoms with E-state index >= 15 is 0 Å². The van der Waals surface area contributed by atoms with Crippen LogP contribution in [0.4, 0.5) is 10.7 Å². The van der Waals surface area contributed by atoms with Crippen LogP contribution in [0.25, 0.3) is 10.9 Å². The van der Waals surface area contributed by atoms with E-state index in [9.17, 15) is 4.79 Å². The molecule has 0 radical (unpaired) electrons. The van der Waals surface area contributed by atoms with Gasteiger partial charge in [0.1, 0.15) is 5.00 Å². The minimum absolute atomic E-state index is 0.0642. The average Bonchev–Trinajstić information content (AvgIpc) is 3.30. The van der Waals surface area contributed by atoms with E-state index in [0.717, 1.165) is 41.1 Å². The molecule has 4 nitrogen and oxygen atoms in total. The third-order valence-corrected chi connectivity index (χ3v) is 6.86. The maximum absolute atomic E-state index is 13.2. The first-order valence-corrected chi connectivity index (χ1v) is 11.1. The highest BCUT2D eigenvalue weighted by Gasteiger charge is 2.25. The van der Waals surface area contributed by atoms with E-state index in [0.29, 0.717) is 0 Å². The molecule has 1 amide bonds. The summed E-state index contributed by atoms with van der Waals surface area (Å²) in [6.45, 7) is 0. The standard InChI is InChI=1S/C25H23N3OS/c1-28-16-17(19-11-5-7-13-21(19)28)15-26-25-23(20-12-6-8-14-22(20)30-25)24(29)27-18-9-3-2-4-10-18/h2-5,7,9-11,13,15-16H,6,8,12,14H2,1H3,(H,27,29). The van der Waals surface area contributed by atoms with E-state index in [1.807, 2.05) is 55.7 Å². The topological polar surface area (TPSA) is 46.4 Å². The van der Waals surface area contributed by atoms with Gasteiger partial charge in [-0.1, -0.05) is 36.4 Å². The molecule has 0 bridgehead atoms. The van der Waals surface area contributed by atoms with Gasteiger partial charge in [0.25, 0.3) is 5.91 Å². The Morgan fingerprint density at radius 3 is 2.70 bits per heavy atom. The Balaban J connectivity index is 1.54. The number of aryl methyl sites for hydroxylation is 2. The quantitative estimate of drug-likeness (QED) is 0.402. The van der Waals surface area contributed by atoms with E-state index in [-0.39, 0.29) is 5.91 Å². The van der Waals surface area contributed by atoms with Gasteiger partial charge in [-0.15, -0.1) is 11.3 Å². The summed E-state index contributed by atoms with van der Waals surface area (Å²) in [5.41, 5.74) is 4.97. The second-order valence-corrected chi connectivity index (χ2v) is 8.77. The van der Waals surface area contributed by atoms with Crippen molar-refractivity contribution in [2.75, 3.05) is 5.32 Å². The van der Waals surface area contributed by atoms with Gasteiger partial charge >= 0.3 is 0 Å². The van der Waals surface area contributed by atoms with E-state index in [4.69, 9.17) is 4.99 Å². The first-order valence-electron chi connectivity index (χ1n) is 10.3. The number of hydrogen-bond acceptors (Lipinski definition) is 3. The number of rotatable bonds is 4. The van der Waals surface area contributed by atoms with E-state index in [2.05, 4.69) is 28.2 Å². The highest BCUT2D eigenvalue weighted by Crippen LogP contribution is 2.40. The Kier molecular flexibility index (Phi) is 4.97. The maximum atomic E-state index is 13.2. The number of fused-ring (bicyclic) bond motifs is 2. The molecule has 2 aromatic heterocycles. The summed E-state index contributed by atoms with van der Waals surface area (Å²) in [6, 6.07) is 17.9. The minimum atomic E-state index is -0.0642. The van der Waals surface area contributed by atoms with E-state index < -0.39 is 0 Å². The summed E-state index contributed by atoms with van der Waals surface area (Å²) >= 11 is 1.67. The maximum Gasteiger partial charge on any atom is 0.259 e. The summed E-state index contributed by atoms with van der Waals surface area (Å²) in [6.07, 6.45) is 8.29. The summed E-state index contributed by atoms with van der Waals surface area (Å²) < 4.78 is 2.11. The largest absolute Gasteiger partial charge is 0.350 e. The zero-order chi connectivity index (χ0) is 20.5. The second-order valence-electron chi connectivity index (χ2n) is 7.68. The number of nitrogens with zero attached hydrogens (tertiary/aromatic N) is 2. The third-order valence-electron chi connectivity index (χ3n) is 5.66. The van der Waals surface area contributed by atoms with Gasteiger partial charge in [0, 0.05) is 46.5 Å². The molecule has 150 valence electrons. The summed E-state index contributed by atoms with van der Waals surface area (Å²) in [7, 11) is 2.04. The fourth-order valence-electron chi connectivity index (χ4n) is 4.20. The van der Waals surface area contributed by atoms with Gasteiger partial charge in [-0.2, -0.15) is 0 Å². The number of amides is 1. The number of hydrogen-bond donors (Lipinski definition) is 1. The molecule has 0 fully saturated rings. The molecule has 0 saturated heterocycles. The van der Waals surface area contributed by atoms with Crippen LogP contribution >= 0.6 is 11.3 Å². The van der Waals surface area contributed by atoms with E-state index in [1.54, 1.807) is 11.3 Å². The van der Waals surface area contributed by atoms with Gasteiger partial charge in [-0.05, 0) is 49.4 Å². The van der Waals surface area contributed by atoms with Crippen LogP contribution in [0.5, 0.6) is 0 Å². The second kappa shape index (κ2) is 7.92. The van der Waals surface area contributed by atoms with Gasteiger partial charge in [-0.3, -0.25) is 4.79 Å². The van der Waals surface area contributed by atoms with Crippen LogP contribution in [0.2, 0.25) is 0 Å². The van der Waals surface area contributed by atoms with Gasteiger partial charge in [0.2, 0.25) is 0 Å². The number of para-hydroxylation sites is 2. The molecular formula is C25H23N3OS. The monoisotopic (exact) mass is 413 g/mol. The third kappa shape index (κ3) is 3.46. The van der Waals surface area contributed by atoms with Crippen LogP contribution in [-0.2, 0) is 19.9 Å². The molecule has 0 spiro atoms. The number of carbonyl (C=O) groups is 1. The molecule has 1 N–H and O–H groups in total. The SMILES string of the molecule is Cn1cc(C=Nc2sc3c(c2C(=O)Nc2ccccc2)CCCC3)c2ccccc21. The minimum Gasteiger partial charge on any atom is -0.350 e. The predicted octanol–water partition coefficient (Wildman–Crippen LogP) is 6.12. The van der Waals surface area contributed by atoms with Crippen LogP contribution in [-0.4, -0.2) is 16.7 Å². The highest BCUT2D eigenvalue weighted by molar-refractivity contribution is 7.16. The van der Waals surface area contributed by atoms with Gasteiger partial charge < -0.3 is 9.88 Å². The molecule has 1 aliphatic rings. The summed E-state index contributed by atoms with van der Waals surface area (Å²) in [5, 5.41) is 5.03. The van der Waals surface area contributed by atoms with Crippen LogP contribution in [0.15, 0.2) is 65.8 Å². The van der Waals surface area contributed by atoms with Crippen molar-refractivity contribution in [1.29, 1.82) is 0 Å². The molecule has 0 atom stereocenters. The molecule has 5 heteroatoms. The molecule has 0 saturated carbocycles. The van der Waals surface area contributed by atoms with Crippen LogP contribution in [0.3, 0.4) is 0 Å². The number of benzene rings is 2. The number of aliphatic imine (C=N–C) groups is 1. The Bertz CT molecular complexity index is 1250. The fourth-order valence-corrected chi connectivity index (χ4v) is 5.43. The molecule has 2 aromatic carbocycles. The number of thiophene rings is 1. The lowest BCUT2D eigenvalue weighted by molar-refractivity contribution is 0.102. The van der Waals surface area contributed by atoms with Gasteiger partial charge in [0.15, 0.2) is 0 Å². The predicted molar refractivity (Wildman–Crippen MR) is 126 cm³/mol. The van der Waals surface area contributed by atoms with Crippen molar-refractivity contribution < 1.29 is 4.79 Å². The first kappa shape index (κ1) is 18.8. The average molecular weight is 414 g/mol. The Labute approximate surface area is 179 Å². The zero-order valence-corrected chi connectivity index (χ0v) is 17.7. The highest BCUT2D eigenvalue weighted by atomic mass is 32.1. The lowest BCUT2D eigenvalue weighted by Gasteiger charge is -2.12. The fraction of sp³-hybridized carbons (Fsp3) is 0.200. The van der Waals surface area contributed by atoms with Crippen molar-refractivity contribution in [3.8, 4) is 0 Å². The number of carbonyl (C=O) groups excluding carboxylic acids is 1. The van der Waals surface area contributed by atoms with Crippen molar-refractivity contribution in [3.63, 3.8) is 0 Å². The number of anilines is 1. The van der Waals surface area contributed by atoms with Crippen molar-refractivity contribution >= 4 is 45.0 Å². The van der Waals surface area contributed by atoms with Crippen LogP contribution in [0, 0.1) is 0 Å². The molecule has 30 heavy (non-hydrogen) atoms. The number of aromatic nitrogens is 1. The van der Waals surface area contributed by atoms with Gasteiger partial charge in [-0.25, -0.2) is 4.99 Å². The molecule has 0 unspecified atom stereocenters. The lowest BCUT2D eigenvalue weighted by atomic mass is 9.95. The van der Waals surface area contributed by atoms with Crippen molar-refractivity contribution in [2.45, 2.75) is 25.7 Å². The first-order chi connectivity index (χ1) is 14.7. The number of nitrogens with one attached hydrogen (secondary N) is 1. The Morgan fingerprint density at radius 2 is 1.83 bits per heavy atom. The molecule has 4 aromatic rings. The van der Waals surface area contributed by atoms with E-state index in [1.165, 1.54) is 27.8 Å². The normalized spacial score (nSPS) is 13.6. The summed E-state index contributed by atoms with van der Waals surface area (Å²) in [5.74, 6) is -0.0642. The van der Waals surface area contributed by atoms with Crippen molar-refractivity contribution in [1.82, 2.24) is 4.57 Å². The Hall–Kier alpha value is -3.18. The summed E-state index contributed by atoms with van der Waals surface area (Å²) in [4.78, 5) is 19.4. The molecule has 2 heterocycles. The zero-order valence-electron chi connectivity index (χ0n) is 16.9. The lowest BCUT2D eigenvalue weighted by Crippen LogP contribution is -2.14. The van der Waals surface area contributed by atoms with Crippen LogP contribution < -0.4 is 5.32 Å². The van der Waals surface area contributed by atoms with Crippen LogP contribution in [0.1, 0.15) is 39.2 Å².